The first-order valence-electron chi connectivity index (χ1n) is 4.72. The molecule has 0 amide bonds. The second-order valence-electron chi connectivity index (χ2n) is 3.49. The largest absolute Gasteiger partial charge is 0.479 e. The number of aliphatic hydroxyl groups is 1. The number of ketones is 1. The summed E-state index contributed by atoms with van der Waals surface area (Å²) in [4.78, 5) is 22.3. The van der Waals surface area contributed by atoms with Gasteiger partial charge in [0.1, 0.15) is 0 Å². The van der Waals surface area contributed by atoms with Gasteiger partial charge in [0.05, 0.1) is 5.38 Å². The number of aliphatic carboxylic acids is 1. The van der Waals surface area contributed by atoms with E-state index in [4.69, 9.17) is 16.7 Å². The van der Waals surface area contributed by atoms with Crippen molar-refractivity contribution < 1.29 is 19.8 Å². The van der Waals surface area contributed by atoms with Crippen molar-refractivity contribution >= 4 is 39.3 Å². The van der Waals surface area contributed by atoms with Gasteiger partial charge in [-0.25, -0.2) is 4.79 Å². The molecule has 2 atom stereocenters. The first-order valence-corrected chi connectivity index (χ1v) is 5.95. The zero-order valence-corrected chi connectivity index (χ0v) is 11.2. The molecule has 0 saturated carbocycles. The van der Waals surface area contributed by atoms with Crippen molar-refractivity contribution in [3.05, 3.63) is 33.8 Å². The number of rotatable bonds is 4. The fourth-order valence-corrected chi connectivity index (χ4v) is 1.92. The number of Topliss-reactive ketones (excluding diaryl/α,β-unsaturated/α-hetero) is 1. The molecule has 0 aliphatic carbocycles. The summed E-state index contributed by atoms with van der Waals surface area (Å²) in [5, 5.41) is 17.4. The van der Waals surface area contributed by atoms with Crippen molar-refractivity contribution in [3.8, 4) is 0 Å². The molecule has 0 spiro atoms. The van der Waals surface area contributed by atoms with Gasteiger partial charge in [0, 0.05) is 10.0 Å². The highest BCUT2D eigenvalue weighted by Crippen LogP contribution is 2.22. The lowest BCUT2D eigenvalue weighted by Gasteiger charge is -2.09. The van der Waals surface area contributed by atoms with Gasteiger partial charge in [0.15, 0.2) is 11.9 Å². The van der Waals surface area contributed by atoms with Crippen LogP contribution in [-0.4, -0.2) is 27.3 Å². The molecular formula is C11H10BrClO4. The Kier molecular flexibility index (Phi) is 4.68. The van der Waals surface area contributed by atoms with Crippen molar-refractivity contribution in [2.45, 2.75) is 18.4 Å². The molecule has 0 heterocycles. The lowest BCUT2D eigenvalue weighted by molar-refractivity contribution is -0.146. The molecule has 0 radical (unpaired) electrons. The number of carbonyl (C=O) groups is 2. The molecule has 2 unspecified atom stereocenters. The van der Waals surface area contributed by atoms with Gasteiger partial charge in [-0.1, -0.05) is 15.9 Å². The first-order chi connectivity index (χ1) is 7.82. The molecule has 1 aromatic carbocycles. The number of hydrogen-bond acceptors (Lipinski definition) is 3. The van der Waals surface area contributed by atoms with Crippen LogP contribution >= 0.6 is 27.5 Å². The van der Waals surface area contributed by atoms with Crippen LogP contribution in [0, 0.1) is 0 Å². The second kappa shape index (κ2) is 5.62. The quantitative estimate of drug-likeness (QED) is 0.659. The number of carbonyl (C=O) groups excluding carboxylic acids is 1. The molecule has 0 bridgehead atoms. The summed E-state index contributed by atoms with van der Waals surface area (Å²) in [5.74, 6) is -1.70. The van der Waals surface area contributed by atoms with E-state index in [1.165, 1.54) is 25.1 Å². The Balaban J connectivity index is 3.19. The molecule has 2 N–H and O–H groups in total. The van der Waals surface area contributed by atoms with Gasteiger partial charge in [-0.05, 0) is 30.7 Å². The molecule has 0 aliphatic rings. The Bertz CT molecular complexity index is 459. The molecule has 6 heteroatoms. The van der Waals surface area contributed by atoms with Crippen LogP contribution in [0.25, 0.3) is 0 Å². The standard InChI is InChI=1S/C11H10BrClO4/c1-5(13)9(14)6-2-7(4-8(12)3-6)10(15)11(16)17/h2-5,10,15H,1H3,(H,16,17). The number of benzene rings is 1. The highest BCUT2D eigenvalue weighted by atomic mass is 79.9. The van der Waals surface area contributed by atoms with Gasteiger partial charge in [-0.2, -0.15) is 0 Å². The normalized spacial score (nSPS) is 14.1. The summed E-state index contributed by atoms with van der Waals surface area (Å²) in [6.45, 7) is 1.53. The van der Waals surface area contributed by atoms with Crippen LogP contribution in [0.4, 0.5) is 0 Å². The Hall–Kier alpha value is -0.910. The van der Waals surface area contributed by atoms with Crippen molar-refractivity contribution in [2.75, 3.05) is 0 Å². The predicted molar refractivity (Wildman–Crippen MR) is 66.4 cm³/mol. The zero-order valence-electron chi connectivity index (χ0n) is 8.85. The minimum atomic E-state index is -1.66. The van der Waals surface area contributed by atoms with E-state index in [2.05, 4.69) is 15.9 Å². The summed E-state index contributed by atoms with van der Waals surface area (Å²) in [5.41, 5.74) is 0.393. The average Bonchev–Trinajstić information content (AvgIpc) is 2.25. The van der Waals surface area contributed by atoms with Gasteiger partial charge in [0.2, 0.25) is 0 Å². The molecule has 17 heavy (non-hydrogen) atoms. The van der Waals surface area contributed by atoms with E-state index in [0.717, 1.165) is 0 Å². The minimum absolute atomic E-state index is 0.132. The van der Waals surface area contributed by atoms with E-state index in [0.29, 0.717) is 4.47 Å². The Morgan fingerprint density at radius 2 is 1.94 bits per heavy atom. The van der Waals surface area contributed by atoms with Crippen LogP contribution < -0.4 is 0 Å². The van der Waals surface area contributed by atoms with E-state index in [-0.39, 0.29) is 16.9 Å². The van der Waals surface area contributed by atoms with E-state index in [9.17, 15) is 14.7 Å². The summed E-state index contributed by atoms with van der Waals surface area (Å²) >= 11 is 8.81. The third-order valence-electron chi connectivity index (χ3n) is 2.12. The summed E-state index contributed by atoms with van der Waals surface area (Å²) in [6.07, 6.45) is -1.66. The Morgan fingerprint density at radius 3 is 2.41 bits per heavy atom. The highest BCUT2D eigenvalue weighted by molar-refractivity contribution is 9.10. The van der Waals surface area contributed by atoms with Crippen LogP contribution in [-0.2, 0) is 4.79 Å². The lowest BCUT2D eigenvalue weighted by atomic mass is 10.0. The van der Waals surface area contributed by atoms with Crippen LogP contribution in [0.2, 0.25) is 0 Å². The van der Waals surface area contributed by atoms with E-state index in [1.54, 1.807) is 0 Å². The number of alkyl halides is 1. The Labute approximate surface area is 111 Å². The van der Waals surface area contributed by atoms with Crippen LogP contribution in [0.3, 0.4) is 0 Å². The van der Waals surface area contributed by atoms with Crippen molar-refractivity contribution in [1.29, 1.82) is 0 Å². The maximum atomic E-state index is 11.7. The molecule has 1 aromatic rings. The SMILES string of the molecule is CC(Cl)C(=O)c1cc(Br)cc(C(O)C(=O)O)c1. The van der Waals surface area contributed by atoms with Crippen molar-refractivity contribution in [1.82, 2.24) is 0 Å². The summed E-state index contributed by atoms with van der Waals surface area (Å²) < 4.78 is 0.510. The molecule has 4 nitrogen and oxygen atoms in total. The summed E-state index contributed by atoms with van der Waals surface area (Å²) in [7, 11) is 0. The monoisotopic (exact) mass is 320 g/mol. The highest BCUT2D eigenvalue weighted by Gasteiger charge is 2.20. The Morgan fingerprint density at radius 1 is 1.35 bits per heavy atom. The van der Waals surface area contributed by atoms with Crippen molar-refractivity contribution in [2.24, 2.45) is 0 Å². The number of carboxylic acid groups (broad SMARTS) is 1. The summed E-state index contributed by atoms with van der Waals surface area (Å²) in [6, 6.07) is 4.29. The lowest BCUT2D eigenvalue weighted by Crippen LogP contribution is -2.14. The predicted octanol–water partition coefficient (Wildman–Crippen LogP) is 2.38. The molecule has 0 aliphatic heterocycles. The maximum absolute atomic E-state index is 11.7. The van der Waals surface area contributed by atoms with Gasteiger partial charge in [0.25, 0.3) is 0 Å². The minimum Gasteiger partial charge on any atom is -0.479 e. The molecular weight excluding hydrogens is 311 g/mol. The average molecular weight is 322 g/mol. The topological polar surface area (TPSA) is 74.6 Å². The molecule has 92 valence electrons. The smallest absolute Gasteiger partial charge is 0.337 e. The first kappa shape index (κ1) is 14.2. The molecule has 0 aromatic heterocycles. The third-order valence-corrected chi connectivity index (χ3v) is 2.77. The van der Waals surface area contributed by atoms with Crippen LogP contribution in [0.15, 0.2) is 22.7 Å². The number of carboxylic acids is 1. The zero-order chi connectivity index (χ0) is 13.2. The maximum Gasteiger partial charge on any atom is 0.337 e. The van der Waals surface area contributed by atoms with Crippen LogP contribution in [0.1, 0.15) is 28.9 Å². The van der Waals surface area contributed by atoms with Gasteiger partial charge in [-0.15, -0.1) is 11.6 Å². The molecule has 0 fully saturated rings. The van der Waals surface area contributed by atoms with E-state index >= 15 is 0 Å². The van der Waals surface area contributed by atoms with Gasteiger partial charge in [-0.3, -0.25) is 4.79 Å². The fourth-order valence-electron chi connectivity index (χ4n) is 1.28. The van der Waals surface area contributed by atoms with Crippen LogP contribution in [0.5, 0.6) is 0 Å². The molecule has 0 saturated heterocycles. The number of hydrogen-bond donors (Lipinski definition) is 2. The number of aliphatic hydroxyl groups excluding tert-OH is 1. The van der Waals surface area contributed by atoms with Crippen molar-refractivity contribution in [3.63, 3.8) is 0 Å². The van der Waals surface area contributed by atoms with E-state index < -0.39 is 17.5 Å². The van der Waals surface area contributed by atoms with E-state index in [1.807, 2.05) is 0 Å². The van der Waals surface area contributed by atoms with Gasteiger partial charge < -0.3 is 10.2 Å². The third kappa shape index (κ3) is 3.52. The van der Waals surface area contributed by atoms with Gasteiger partial charge >= 0.3 is 5.97 Å². The second-order valence-corrected chi connectivity index (χ2v) is 5.06. The fraction of sp³-hybridized carbons (Fsp3) is 0.273. The molecule has 1 rings (SSSR count). The number of halogens is 2.